The number of carbonyl (C=O) groups is 2. The number of fused-ring (bicyclic) bond motifs is 1. The van der Waals surface area contributed by atoms with Crippen molar-refractivity contribution in [2.75, 3.05) is 6.61 Å². The first-order chi connectivity index (χ1) is 8.93. The Morgan fingerprint density at radius 3 is 2.68 bits per heavy atom. The van der Waals surface area contributed by atoms with Gasteiger partial charge in [-0.15, -0.1) is 5.11 Å². The number of rotatable bonds is 3. The molecule has 0 saturated carbocycles. The zero-order valence-corrected chi connectivity index (χ0v) is 10.8. The molecule has 0 radical (unpaired) electrons. The Bertz CT molecular complexity index is 603. The first-order valence-corrected chi connectivity index (χ1v) is 5.69. The minimum Gasteiger partial charge on any atom is -0.479 e. The highest BCUT2D eigenvalue weighted by atomic mass is 35.5. The molecule has 0 spiro atoms. The van der Waals surface area contributed by atoms with Crippen LogP contribution in [-0.2, 0) is 19.9 Å². The molecule has 9 heteroatoms. The molecule has 1 aliphatic rings. The van der Waals surface area contributed by atoms with Gasteiger partial charge in [0, 0.05) is 0 Å². The van der Waals surface area contributed by atoms with E-state index in [1.807, 2.05) is 0 Å². The van der Waals surface area contributed by atoms with Gasteiger partial charge in [0.25, 0.3) is 0 Å². The van der Waals surface area contributed by atoms with Gasteiger partial charge in [0.2, 0.25) is 0 Å². The van der Waals surface area contributed by atoms with Gasteiger partial charge in [0.15, 0.2) is 5.15 Å². The van der Waals surface area contributed by atoms with Gasteiger partial charge in [-0.3, -0.25) is 0 Å². The van der Waals surface area contributed by atoms with Crippen LogP contribution in [-0.4, -0.2) is 33.6 Å². The predicted molar refractivity (Wildman–Crippen MR) is 62.2 cm³/mol. The molecule has 1 aromatic heterocycles. The average molecular weight is 285 g/mol. The van der Waals surface area contributed by atoms with E-state index in [1.54, 1.807) is 6.92 Å². The van der Waals surface area contributed by atoms with Crippen molar-refractivity contribution in [3.63, 3.8) is 0 Å². The van der Waals surface area contributed by atoms with Crippen molar-refractivity contribution in [3.05, 3.63) is 16.7 Å². The number of halogens is 1. The Hall–Kier alpha value is -2.09. The lowest BCUT2D eigenvalue weighted by Crippen LogP contribution is -2.42. The van der Waals surface area contributed by atoms with E-state index >= 15 is 0 Å². The fourth-order valence-electron chi connectivity index (χ4n) is 1.65. The number of azo groups is 1. The molecule has 1 aromatic rings. The molecule has 0 bridgehead atoms. The van der Waals surface area contributed by atoms with E-state index < -0.39 is 17.5 Å². The van der Waals surface area contributed by atoms with Gasteiger partial charge in [-0.2, -0.15) is 5.11 Å². The van der Waals surface area contributed by atoms with Crippen LogP contribution in [0.2, 0.25) is 5.15 Å². The van der Waals surface area contributed by atoms with E-state index in [9.17, 15) is 14.7 Å². The molecule has 0 saturated heterocycles. The second-order valence-electron chi connectivity index (χ2n) is 3.69. The van der Waals surface area contributed by atoms with Gasteiger partial charge in [-0.05, 0) is 13.8 Å². The summed E-state index contributed by atoms with van der Waals surface area (Å²) in [5.41, 5.74) is -2.50. The van der Waals surface area contributed by atoms with E-state index in [-0.39, 0.29) is 29.0 Å². The molecular formula is C10H9ClN4O4. The van der Waals surface area contributed by atoms with Crippen LogP contribution in [0.4, 0.5) is 5.69 Å². The molecule has 100 valence electrons. The second-order valence-corrected chi connectivity index (χ2v) is 4.05. The van der Waals surface area contributed by atoms with Crippen LogP contribution in [0.25, 0.3) is 0 Å². The maximum atomic E-state index is 11.9. The summed E-state index contributed by atoms with van der Waals surface area (Å²) in [7, 11) is 0. The van der Waals surface area contributed by atoms with Crippen LogP contribution in [0.1, 0.15) is 18.4 Å². The molecule has 1 aliphatic heterocycles. The predicted octanol–water partition coefficient (Wildman–Crippen LogP) is 1.38. The minimum atomic E-state index is -2.30. The van der Waals surface area contributed by atoms with Crippen LogP contribution in [0.3, 0.4) is 0 Å². The summed E-state index contributed by atoms with van der Waals surface area (Å²) in [6.45, 7) is 3.08. The highest BCUT2D eigenvalue weighted by Crippen LogP contribution is 2.43. The Kier molecular flexibility index (Phi) is 3.19. The number of carboxylic acids is 1. The SMILES string of the molecule is CCOC(=O)C1(C(=O)O)N=Nc2c(Cl)nc(C)nc21. The molecule has 2 rings (SSSR count). The maximum Gasteiger partial charge on any atom is 0.354 e. The third-order valence-corrected chi connectivity index (χ3v) is 2.74. The zero-order chi connectivity index (χ0) is 14.2. The number of carboxylic acid groups (broad SMARTS) is 1. The summed E-state index contributed by atoms with van der Waals surface area (Å²) >= 11 is 5.84. The van der Waals surface area contributed by atoms with Gasteiger partial charge < -0.3 is 9.84 Å². The average Bonchev–Trinajstić information content (AvgIpc) is 2.69. The van der Waals surface area contributed by atoms with E-state index in [0.717, 1.165) is 0 Å². The van der Waals surface area contributed by atoms with Crippen molar-refractivity contribution in [3.8, 4) is 0 Å². The lowest BCUT2D eigenvalue weighted by molar-refractivity contribution is -0.161. The lowest BCUT2D eigenvalue weighted by atomic mass is 9.96. The number of ether oxygens (including phenoxy) is 1. The number of aryl methyl sites for hydroxylation is 1. The minimum absolute atomic E-state index is 0.0104. The van der Waals surface area contributed by atoms with Gasteiger partial charge >= 0.3 is 17.5 Å². The number of hydrogen-bond donors (Lipinski definition) is 1. The Morgan fingerprint density at radius 1 is 1.42 bits per heavy atom. The van der Waals surface area contributed by atoms with Gasteiger partial charge in [0.05, 0.1) is 6.61 Å². The third-order valence-electron chi connectivity index (χ3n) is 2.48. The summed E-state index contributed by atoms with van der Waals surface area (Å²) in [6, 6.07) is 0. The number of esters is 1. The number of carbonyl (C=O) groups excluding carboxylic acids is 1. The summed E-state index contributed by atoms with van der Waals surface area (Å²) in [5, 5.41) is 16.4. The fraction of sp³-hybridized carbons (Fsp3) is 0.400. The van der Waals surface area contributed by atoms with Crippen molar-refractivity contribution in [1.29, 1.82) is 0 Å². The van der Waals surface area contributed by atoms with Crippen molar-refractivity contribution < 1.29 is 19.4 Å². The maximum absolute atomic E-state index is 11.9. The summed E-state index contributed by atoms with van der Waals surface area (Å²) in [6.07, 6.45) is 0. The Balaban J connectivity index is 2.67. The number of nitrogens with zero attached hydrogens (tertiary/aromatic N) is 4. The van der Waals surface area contributed by atoms with E-state index in [4.69, 9.17) is 16.3 Å². The molecule has 0 aliphatic carbocycles. The number of aliphatic carboxylic acids is 1. The first kappa shape index (κ1) is 13.3. The quantitative estimate of drug-likeness (QED) is 0.509. The standard InChI is InChI=1S/C10H9ClN4O4/c1-3-19-9(18)10(8(16)17)6-5(14-15-10)7(11)13-4(2)12-6/h3H2,1-2H3,(H,16,17). The van der Waals surface area contributed by atoms with Crippen molar-refractivity contribution in [1.82, 2.24) is 9.97 Å². The summed E-state index contributed by atoms with van der Waals surface area (Å²) in [4.78, 5) is 31.2. The van der Waals surface area contributed by atoms with E-state index in [1.165, 1.54) is 6.92 Å². The molecular weight excluding hydrogens is 276 g/mol. The van der Waals surface area contributed by atoms with Crippen LogP contribution >= 0.6 is 11.6 Å². The third kappa shape index (κ3) is 1.84. The Morgan fingerprint density at radius 2 is 2.11 bits per heavy atom. The molecule has 0 amide bonds. The first-order valence-electron chi connectivity index (χ1n) is 5.31. The van der Waals surface area contributed by atoms with E-state index in [2.05, 4.69) is 20.2 Å². The van der Waals surface area contributed by atoms with Crippen molar-refractivity contribution >= 4 is 29.2 Å². The normalized spacial score (nSPS) is 20.2. The number of aromatic nitrogens is 2. The fourth-order valence-corrected chi connectivity index (χ4v) is 1.90. The smallest absolute Gasteiger partial charge is 0.354 e. The van der Waals surface area contributed by atoms with Crippen molar-refractivity contribution in [2.24, 2.45) is 10.2 Å². The van der Waals surface area contributed by atoms with Crippen LogP contribution in [0.5, 0.6) is 0 Å². The van der Waals surface area contributed by atoms with Gasteiger partial charge in [-0.1, -0.05) is 11.6 Å². The highest BCUT2D eigenvalue weighted by Gasteiger charge is 2.57. The van der Waals surface area contributed by atoms with Crippen LogP contribution in [0.15, 0.2) is 10.2 Å². The largest absolute Gasteiger partial charge is 0.479 e. The van der Waals surface area contributed by atoms with Crippen LogP contribution in [0, 0.1) is 6.92 Å². The molecule has 8 nitrogen and oxygen atoms in total. The molecule has 2 heterocycles. The van der Waals surface area contributed by atoms with Crippen LogP contribution < -0.4 is 0 Å². The zero-order valence-electron chi connectivity index (χ0n) is 10.0. The Labute approximate surface area is 112 Å². The topological polar surface area (TPSA) is 114 Å². The molecule has 0 aromatic carbocycles. The van der Waals surface area contributed by atoms with Gasteiger partial charge in [0.1, 0.15) is 17.2 Å². The monoisotopic (exact) mass is 284 g/mol. The van der Waals surface area contributed by atoms with Gasteiger partial charge in [-0.25, -0.2) is 19.6 Å². The molecule has 1 unspecified atom stereocenters. The van der Waals surface area contributed by atoms with Crippen molar-refractivity contribution in [2.45, 2.75) is 19.4 Å². The highest BCUT2D eigenvalue weighted by molar-refractivity contribution is 6.32. The molecule has 1 N–H and O–H groups in total. The lowest BCUT2D eigenvalue weighted by Gasteiger charge is -2.18. The van der Waals surface area contributed by atoms with E-state index in [0.29, 0.717) is 0 Å². The molecule has 19 heavy (non-hydrogen) atoms. The summed E-state index contributed by atoms with van der Waals surface area (Å²) < 4.78 is 4.75. The molecule has 0 fully saturated rings. The second kappa shape index (κ2) is 4.54. The molecule has 1 atom stereocenters. The summed E-state index contributed by atoms with van der Waals surface area (Å²) in [5.74, 6) is -2.37. The number of hydrogen-bond acceptors (Lipinski definition) is 7.